The van der Waals surface area contributed by atoms with Gasteiger partial charge >= 0.3 is 33.5 Å². The minimum Gasteiger partial charge on any atom is -1.00 e. The predicted octanol–water partition coefficient (Wildman–Crippen LogP) is -4.85. The summed E-state index contributed by atoms with van der Waals surface area (Å²) in [5.41, 5.74) is 0. The van der Waals surface area contributed by atoms with Gasteiger partial charge < -0.3 is 34.0 Å². The Hall–Kier alpha value is 1.19. The zero-order valence-electron chi connectivity index (χ0n) is 3.06. The van der Waals surface area contributed by atoms with E-state index in [4.69, 9.17) is 0 Å². The summed E-state index contributed by atoms with van der Waals surface area (Å²) in [6.45, 7) is 3.39. The van der Waals surface area contributed by atoms with Gasteiger partial charge in [-0.2, -0.15) is 0 Å². The quantitative estimate of drug-likeness (QED) is 0.327. The molecule has 0 bridgehead atoms. The van der Waals surface area contributed by atoms with Gasteiger partial charge in [0, 0.05) is 0 Å². The first-order chi connectivity index (χ1) is 1.91. The van der Waals surface area contributed by atoms with Crippen molar-refractivity contribution in [1.29, 1.82) is 0 Å². The van der Waals surface area contributed by atoms with E-state index in [1.165, 1.54) is 0 Å². The average molecular weight is 260 g/mol. The monoisotopic (exact) mass is 257 g/mol. The van der Waals surface area contributed by atoms with Crippen molar-refractivity contribution in [2.75, 3.05) is 0 Å². The van der Waals surface area contributed by atoms with Crippen molar-refractivity contribution in [3.8, 4) is 0 Å². The van der Waals surface area contributed by atoms with Crippen LogP contribution in [0.2, 0.25) is 5.39 Å². The van der Waals surface area contributed by atoms with Gasteiger partial charge in [-0.1, -0.05) is 0 Å². The van der Waals surface area contributed by atoms with Crippen LogP contribution in [0.3, 0.4) is 0 Å². The number of halogens is 2. The van der Waals surface area contributed by atoms with E-state index in [0.717, 1.165) is 0 Å². The normalized spacial score (nSPS) is 4.17. The van der Waals surface area contributed by atoms with Crippen LogP contribution in [0.5, 0.6) is 0 Å². The minimum atomic E-state index is 0. The molecular weight excluding hydrogens is 255 g/mol. The Morgan fingerprint density at radius 1 is 1.50 bits per heavy atom. The minimum absolute atomic E-state index is 0. The van der Waals surface area contributed by atoms with Crippen LogP contribution in [0.4, 0.5) is 0 Å². The van der Waals surface area contributed by atoms with Crippen LogP contribution in [0.15, 0.2) is 12.7 Å². The maximum absolute atomic E-state index is 4.20. The number of rotatable bonds is 1. The number of hydrogen-bond donors (Lipinski definition) is 0. The van der Waals surface area contributed by atoms with Crippen molar-refractivity contribution in [3.63, 3.8) is 0 Å². The van der Waals surface area contributed by atoms with E-state index in [1.54, 1.807) is 6.08 Å². The molecule has 0 aliphatic rings. The van der Waals surface area contributed by atoms with Gasteiger partial charge in [0.1, 0.15) is 0 Å². The van der Waals surface area contributed by atoms with Crippen molar-refractivity contribution in [1.82, 2.24) is 0 Å². The first kappa shape index (κ1) is 15.7. The van der Waals surface area contributed by atoms with E-state index >= 15 is 0 Å². The summed E-state index contributed by atoms with van der Waals surface area (Å²) in [6, 6.07) is 0. The van der Waals surface area contributed by atoms with Crippen LogP contribution >= 0.6 is 0 Å². The van der Waals surface area contributed by atoms with E-state index in [9.17, 15) is 0 Å². The summed E-state index contributed by atoms with van der Waals surface area (Å²) in [5, 5.41) is 0.708. The van der Waals surface area contributed by atoms with Crippen LogP contribution in [0.25, 0.3) is 0 Å². The van der Waals surface area contributed by atoms with Crippen LogP contribution in [0, 0.1) is 0 Å². The van der Waals surface area contributed by atoms with Gasteiger partial charge in [-0.25, -0.2) is 0 Å². The van der Waals surface area contributed by atoms with Crippen LogP contribution in [-0.2, 0) is 15.5 Å². The maximum Gasteiger partial charge on any atom is -1.00 e. The fraction of sp³-hybridized carbons (Fsp3) is 0.333. The summed E-state index contributed by atoms with van der Waals surface area (Å²) in [6.07, 6.45) is 1.71. The van der Waals surface area contributed by atoms with Crippen molar-refractivity contribution >= 4 is 0 Å². The first-order valence-electron chi connectivity index (χ1n) is 1.04. The van der Waals surface area contributed by atoms with Gasteiger partial charge in [0.2, 0.25) is 0 Å². The molecule has 0 aliphatic heterocycles. The van der Waals surface area contributed by atoms with Gasteiger partial charge in [-0.05, 0) is 0 Å². The molecule has 0 atom stereocenters. The first-order valence-corrected chi connectivity index (χ1v) is 1.74. The second-order valence-corrected chi connectivity index (χ2v) is 0.821. The molecule has 6 heavy (non-hydrogen) atoms. The number of allylic oxidation sites excluding steroid dienone is 1. The smallest absolute Gasteiger partial charge is 1.00 e. The van der Waals surface area contributed by atoms with E-state index in [1.807, 2.05) is 0 Å². The van der Waals surface area contributed by atoms with Gasteiger partial charge in [-0.15, -0.1) is 0 Å². The van der Waals surface area contributed by atoms with Crippen molar-refractivity contribution in [3.05, 3.63) is 12.7 Å². The Balaban J connectivity index is -0.0000000450. The summed E-state index contributed by atoms with van der Waals surface area (Å²) < 4.78 is 0. The third-order valence-corrected chi connectivity index (χ3v) is 0.376. The Labute approximate surface area is 67.3 Å². The fourth-order valence-electron chi connectivity index (χ4n) is 0. The molecule has 0 heterocycles. The molecule has 0 unspecified atom stereocenters. The van der Waals surface area contributed by atoms with Crippen LogP contribution in [0.1, 0.15) is 0 Å². The molecule has 0 saturated heterocycles. The summed E-state index contributed by atoms with van der Waals surface area (Å²) in [7, 11) is 0. The van der Waals surface area contributed by atoms with E-state index in [0.29, 0.717) is 5.39 Å². The molecule has 3 heteroatoms. The molecule has 0 fully saturated rings. The van der Waals surface area contributed by atoms with Gasteiger partial charge in [0.15, 0.2) is 0 Å². The fourth-order valence-corrected chi connectivity index (χ4v) is 0. The Bertz CT molecular complexity index is 22.8. The van der Waals surface area contributed by atoms with Crippen LogP contribution in [-0.4, -0.2) is 0 Å². The Morgan fingerprint density at radius 3 is 1.67 bits per heavy atom. The molecule has 0 spiro atoms. The molecule has 0 aliphatic carbocycles. The molecule has 0 nitrogen and oxygen atoms in total. The van der Waals surface area contributed by atoms with Gasteiger partial charge in [0.25, 0.3) is 0 Å². The van der Waals surface area contributed by atoms with E-state index < -0.39 is 0 Å². The van der Waals surface area contributed by atoms with Crippen molar-refractivity contribution in [2.24, 2.45) is 0 Å². The zero-order chi connectivity index (χ0) is 3.41. The summed E-state index contributed by atoms with van der Waals surface area (Å²) in [5.74, 6) is 0. The molecule has 41 valence electrons. The predicted molar refractivity (Wildman–Crippen MR) is 15.0 cm³/mol. The molecule has 0 radical (unpaired) electrons. The molecule has 0 rings (SSSR count). The number of hydrogen-bond acceptors (Lipinski definition) is 0. The second kappa shape index (κ2) is 16.4. The molecule has 0 aromatic rings. The van der Waals surface area contributed by atoms with Crippen molar-refractivity contribution < 1.29 is 49.4 Å². The van der Waals surface area contributed by atoms with E-state index in [-0.39, 0.29) is 34.0 Å². The molecular formula is C3H5Br2Ni. The summed E-state index contributed by atoms with van der Waals surface area (Å²) >= 11 is 4.20. The molecule has 0 aromatic carbocycles. The third kappa shape index (κ3) is 19.0. The standard InChI is InChI=1S/C3H5.2BrH.Ni/c1-3-2;;;/h3H,1-2H2;2*1H;/q;;;+2/p-2. The van der Waals surface area contributed by atoms with Gasteiger partial charge in [0.05, 0.1) is 0 Å². The van der Waals surface area contributed by atoms with Gasteiger partial charge in [-0.3, -0.25) is 0 Å². The molecule has 0 N–H and O–H groups in total. The zero-order valence-corrected chi connectivity index (χ0v) is 7.22. The topological polar surface area (TPSA) is 0 Å². The third-order valence-electron chi connectivity index (χ3n) is 0.0913. The largest absolute Gasteiger partial charge is 1.00 e. The Kier molecular flexibility index (Phi) is 42.8. The SMILES string of the molecule is C=C[CH2][Ni+2].[Br-].[Br-]. The molecule has 0 saturated carbocycles. The maximum atomic E-state index is 4.20. The second-order valence-electron chi connectivity index (χ2n) is 0.418. The molecule has 0 amide bonds. The van der Waals surface area contributed by atoms with Crippen molar-refractivity contribution in [2.45, 2.75) is 5.39 Å². The molecule has 0 aromatic heterocycles. The van der Waals surface area contributed by atoms with Crippen LogP contribution < -0.4 is 34.0 Å². The summed E-state index contributed by atoms with van der Waals surface area (Å²) in [4.78, 5) is 0. The van der Waals surface area contributed by atoms with E-state index in [2.05, 4.69) is 22.0 Å². The Morgan fingerprint density at radius 2 is 1.67 bits per heavy atom. The average Bonchev–Trinajstić information content (AvgIpc) is 1.37.